The molecule has 69 heavy (non-hydrogen) atoms. The maximum atomic E-state index is 2.65. The van der Waals surface area contributed by atoms with Crippen LogP contribution in [0.4, 0.5) is 51.2 Å². The van der Waals surface area contributed by atoms with Crippen molar-refractivity contribution in [2.45, 2.75) is 26.2 Å². The van der Waals surface area contributed by atoms with Crippen LogP contribution in [0.25, 0.3) is 44.1 Å². The molecule has 3 heterocycles. The molecular formula is C64H49BN4. The van der Waals surface area contributed by atoms with Crippen molar-refractivity contribution in [1.29, 1.82) is 0 Å². The summed E-state index contributed by atoms with van der Waals surface area (Å²) >= 11 is 0. The molecule has 4 nitrogen and oxygen atoms in total. The number of para-hydroxylation sites is 6. The van der Waals surface area contributed by atoms with E-state index in [1.165, 1.54) is 60.5 Å². The molecule has 0 radical (unpaired) electrons. The maximum absolute atomic E-state index is 2.65. The van der Waals surface area contributed by atoms with Gasteiger partial charge in [0.15, 0.2) is 0 Å². The van der Waals surface area contributed by atoms with Crippen LogP contribution >= 0.6 is 0 Å². The minimum Gasteiger partial charge on any atom is -0.375 e. The molecule has 10 aromatic carbocycles. The van der Waals surface area contributed by atoms with Crippen LogP contribution in [-0.4, -0.2) is 11.3 Å². The summed E-state index contributed by atoms with van der Waals surface area (Å²) < 4.78 is 2.65. The summed E-state index contributed by atoms with van der Waals surface area (Å²) in [6, 6.07) is 89.4. The van der Waals surface area contributed by atoms with Crippen molar-refractivity contribution in [2.75, 3.05) is 14.7 Å². The minimum atomic E-state index is -0.125. The van der Waals surface area contributed by atoms with Crippen LogP contribution in [0.15, 0.2) is 243 Å². The number of hydrogen-bond acceptors (Lipinski definition) is 3. The third kappa shape index (κ3) is 6.60. The summed E-state index contributed by atoms with van der Waals surface area (Å²) in [7, 11) is 0. The summed E-state index contributed by atoms with van der Waals surface area (Å²) in [5, 5.41) is 2.54. The molecule has 0 saturated carbocycles. The molecule has 5 heteroatoms. The number of fused-ring (bicyclic) bond motifs is 7. The molecule has 0 aliphatic carbocycles. The zero-order valence-electron chi connectivity index (χ0n) is 39.0. The zero-order valence-corrected chi connectivity index (χ0v) is 39.0. The normalized spacial score (nSPS) is 12.5. The van der Waals surface area contributed by atoms with Crippen LogP contribution in [-0.2, 0) is 5.41 Å². The highest BCUT2D eigenvalue weighted by Crippen LogP contribution is 2.51. The predicted octanol–water partition coefficient (Wildman–Crippen LogP) is 16.1. The van der Waals surface area contributed by atoms with Gasteiger partial charge in [-0.3, -0.25) is 0 Å². The van der Waals surface area contributed by atoms with E-state index in [0.717, 1.165) is 51.2 Å². The van der Waals surface area contributed by atoms with Gasteiger partial charge < -0.3 is 19.2 Å². The summed E-state index contributed by atoms with van der Waals surface area (Å²) in [6.45, 7) is 6.81. The van der Waals surface area contributed by atoms with E-state index in [0.29, 0.717) is 0 Å². The van der Waals surface area contributed by atoms with E-state index < -0.39 is 0 Å². The summed E-state index contributed by atoms with van der Waals surface area (Å²) in [6.07, 6.45) is 0. The van der Waals surface area contributed by atoms with E-state index in [4.69, 9.17) is 0 Å². The van der Waals surface area contributed by atoms with Gasteiger partial charge in [-0.2, -0.15) is 0 Å². The van der Waals surface area contributed by atoms with E-state index in [2.05, 4.69) is 283 Å². The molecule has 328 valence electrons. The summed E-state index contributed by atoms with van der Waals surface area (Å²) in [5.41, 5.74) is 21.1. The molecule has 0 fully saturated rings. The summed E-state index contributed by atoms with van der Waals surface area (Å²) in [4.78, 5) is 7.42. The number of aromatic nitrogens is 1. The number of rotatable bonds is 8. The van der Waals surface area contributed by atoms with Gasteiger partial charge in [-0.15, -0.1) is 0 Å². The van der Waals surface area contributed by atoms with Crippen molar-refractivity contribution in [2.24, 2.45) is 0 Å². The van der Waals surface area contributed by atoms with Crippen LogP contribution < -0.4 is 25.6 Å². The van der Waals surface area contributed by atoms with Gasteiger partial charge in [0.25, 0.3) is 0 Å². The highest BCUT2D eigenvalue weighted by Gasteiger charge is 2.44. The topological polar surface area (TPSA) is 14.7 Å². The Morgan fingerprint density at radius 3 is 1.52 bits per heavy atom. The molecule has 2 aliphatic heterocycles. The molecule has 0 spiro atoms. The smallest absolute Gasteiger partial charge is 0.333 e. The fraction of sp³-hybridized carbons (Fsp3) is 0.0625. The molecule has 11 aromatic rings. The van der Waals surface area contributed by atoms with E-state index in [-0.39, 0.29) is 12.3 Å². The predicted molar refractivity (Wildman–Crippen MR) is 293 cm³/mol. The van der Waals surface area contributed by atoms with E-state index in [1.54, 1.807) is 0 Å². The molecule has 1 aromatic heterocycles. The minimum absolute atomic E-state index is 0.0679. The third-order valence-corrected chi connectivity index (χ3v) is 14.2. The van der Waals surface area contributed by atoms with Crippen LogP contribution in [0.3, 0.4) is 0 Å². The molecular weight excluding hydrogens is 836 g/mol. The lowest BCUT2D eigenvalue weighted by Gasteiger charge is -2.42. The Kier molecular flexibility index (Phi) is 9.48. The van der Waals surface area contributed by atoms with Gasteiger partial charge in [0.1, 0.15) is 0 Å². The highest BCUT2D eigenvalue weighted by atomic mass is 15.2. The number of nitrogens with zero attached hydrogens (tertiary/aromatic N) is 4. The molecule has 0 saturated heterocycles. The quantitative estimate of drug-likeness (QED) is 0.141. The number of anilines is 9. The average molecular weight is 885 g/mol. The van der Waals surface area contributed by atoms with Crippen LogP contribution in [0.2, 0.25) is 0 Å². The highest BCUT2D eigenvalue weighted by molar-refractivity contribution is 6.90. The van der Waals surface area contributed by atoms with Gasteiger partial charge in [-0.05, 0) is 124 Å². The maximum Gasteiger partial charge on any atom is 0.333 e. The second kappa shape index (κ2) is 16.1. The van der Waals surface area contributed by atoms with Crippen molar-refractivity contribution in [3.05, 3.63) is 248 Å². The Bertz CT molecular complexity index is 3630. The Morgan fingerprint density at radius 2 is 0.913 bits per heavy atom. The largest absolute Gasteiger partial charge is 0.375 e. The van der Waals surface area contributed by atoms with Crippen molar-refractivity contribution >= 4 is 90.8 Å². The Balaban J connectivity index is 1.19. The Hall–Kier alpha value is -8.54. The SMILES string of the molecule is CC(C)(C)c1ccc(N2c3cc(N(c4ccccc4)c4ccccc4)ccc3B3c4c(cc(N(c5ccccc5)c5ccccc5)cc42)-c2cccc4c5ccccc5n3c24)c(-c2ccccc2)c1. The Labute approximate surface area is 404 Å². The van der Waals surface area contributed by atoms with Gasteiger partial charge >= 0.3 is 6.85 Å². The average Bonchev–Trinajstić information content (AvgIpc) is 3.73. The molecule has 0 unspecified atom stereocenters. The standard InChI is InChI=1S/C64H49BN4/c1-64(2,3)45-36-39-58(55(40-45)44-22-9-4-10-23-44)68-60-42-50(66(46-24-11-5-12-25-46)47-26-13-6-14-27-47)37-38-57(60)65-62-56(54-34-21-33-53-52-32-19-20-35-59(52)69(65)63(53)54)41-51(43-61(62)68)67(48-28-15-7-16-29-48)49-30-17-8-18-31-49/h4-43H,1-3H3. The van der Waals surface area contributed by atoms with Crippen LogP contribution in [0, 0.1) is 0 Å². The lowest BCUT2D eigenvalue weighted by Crippen LogP contribution is -2.56. The summed E-state index contributed by atoms with van der Waals surface area (Å²) in [5.74, 6) is 0. The van der Waals surface area contributed by atoms with Gasteiger partial charge in [-0.1, -0.05) is 172 Å². The second-order valence-electron chi connectivity index (χ2n) is 19.4. The van der Waals surface area contributed by atoms with Crippen molar-refractivity contribution < 1.29 is 0 Å². The van der Waals surface area contributed by atoms with Crippen LogP contribution in [0.5, 0.6) is 0 Å². The van der Waals surface area contributed by atoms with E-state index >= 15 is 0 Å². The van der Waals surface area contributed by atoms with Gasteiger partial charge in [0.2, 0.25) is 0 Å². The van der Waals surface area contributed by atoms with Crippen molar-refractivity contribution in [1.82, 2.24) is 4.48 Å². The third-order valence-electron chi connectivity index (χ3n) is 14.2. The van der Waals surface area contributed by atoms with E-state index in [1.807, 2.05) is 0 Å². The fourth-order valence-corrected chi connectivity index (χ4v) is 11.1. The lowest BCUT2D eigenvalue weighted by molar-refractivity contribution is 0.590. The lowest BCUT2D eigenvalue weighted by atomic mass is 9.45. The zero-order chi connectivity index (χ0) is 46.2. The van der Waals surface area contributed by atoms with Gasteiger partial charge in [0.05, 0.1) is 5.69 Å². The van der Waals surface area contributed by atoms with Crippen LogP contribution in [0.1, 0.15) is 26.3 Å². The molecule has 0 amide bonds. The monoisotopic (exact) mass is 884 g/mol. The second-order valence-corrected chi connectivity index (χ2v) is 19.4. The molecule has 13 rings (SSSR count). The first-order chi connectivity index (χ1) is 33.9. The van der Waals surface area contributed by atoms with Gasteiger partial charge in [-0.25, -0.2) is 0 Å². The number of benzene rings is 10. The first-order valence-corrected chi connectivity index (χ1v) is 24.1. The molecule has 0 atom stereocenters. The van der Waals surface area contributed by atoms with Crippen molar-refractivity contribution in [3.8, 4) is 22.3 Å². The molecule has 0 N–H and O–H groups in total. The Morgan fingerprint density at radius 1 is 0.377 bits per heavy atom. The van der Waals surface area contributed by atoms with E-state index in [9.17, 15) is 0 Å². The van der Waals surface area contributed by atoms with Gasteiger partial charge in [0, 0.05) is 78.4 Å². The number of hydrogen-bond donors (Lipinski definition) is 0. The molecule has 2 aliphatic rings. The molecule has 0 bridgehead atoms. The first-order valence-electron chi connectivity index (χ1n) is 24.1. The fourth-order valence-electron chi connectivity index (χ4n) is 11.1. The first kappa shape index (κ1) is 40.7. The van der Waals surface area contributed by atoms with Crippen molar-refractivity contribution in [3.63, 3.8) is 0 Å².